The highest BCUT2D eigenvalue weighted by Gasteiger charge is 1.80. The first-order valence-electron chi connectivity index (χ1n) is 4.85. The average Bonchev–Trinajstić information content (AvgIpc) is 1.89. The average molecular weight is 156 g/mol. The van der Waals surface area contributed by atoms with Crippen LogP contribution in [-0.2, 0) is 0 Å². The van der Waals surface area contributed by atoms with Gasteiger partial charge >= 0.3 is 0 Å². The summed E-state index contributed by atoms with van der Waals surface area (Å²) >= 11 is 0. The molecule has 0 heterocycles. The lowest BCUT2D eigenvalue weighted by Crippen LogP contribution is -1.75. The van der Waals surface area contributed by atoms with Crippen LogP contribution in [0.1, 0.15) is 53.9 Å². The molecule has 68 valence electrons. The third-order valence-corrected chi connectivity index (χ3v) is 0.976. The molecule has 0 N–H and O–H groups in total. The SMILES string of the molecule is CCC.CCCC=CC(C)C. The second-order valence-corrected chi connectivity index (χ2v) is 3.17. The zero-order chi connectivity index (χ0) is 9.11. The van der Waals surface area contributed by atoms with E-state index in [1.54, 1.807) is 0 Å². The van der Waals surface area contributed by atoms with E-state index in [2.05, 4.69) is 46.8 Å². The van der Waals surface area contributed by atoms with Crippen LogP contribution < -0.4 is 0 Å². The molecule has 0 spiro atoms. The molecule has 0 heteroatoms. The Bertz CT molecular complexity index is 70.1. The Kier molecular flexibility index (Phi) is 15.1. The fourth-order valence-electron chi connectivity index (χ4n) is 0.535. The number of hydrogen-bond acceptors (Lipinski definition) is 0. The molecule has 0 bridgehead atoms. The van der Waals surface area contributed by atoms with Crippen molar-refractivity contribution in [2.75, 3.05) is 0 Å². The van der Waals surface area contributed by atoms with Gasteiger partial charge in [0.05, 0.1) is 0 Å². The molecule has 0 atom stereocenters. The highest BCUT2D eigenvalue weighted by molar-refractivity contribution is 4.83. The zero-order valence-corrected chi connectivity index (χ0v) is 8.85. The van der Waals surface area contributed by atoms with Gasteiger partial charge in [-0.15, -0.1) is 0 Å². The summed E-state index contributed by atoms with van der Waals surface area (Å²) in [6, 6.07) is 0. The predicted octanol–water partition coefficient (Wildman–Crippen LogP) is 4.42. The van der Waals surface area contributed by atoms with E-state index in [1.807, 2.05) is 0 Å². The van der Waals surface area contributed by atoms with Crippen LogP contribution in [0.4, 0.5) is 0 Å². The van der Waals surface area contributed by atoms with E-state index in [1.165, 1.54) is 19.3 Å². The van der Waals surface area contributed by atoms with Gasteiger partial charge in [0.25, 0.3) is 0 Å². The molecular weight excluding hydrogens is 132 g/mol. The molecule has 0 saturated heterocycles. The van der Waals surface area contributed by atoms with Crippen LogP contribution in [0.3, 0.4) is 0 Å². The van der Waals surface area contributed by atoms with Gasteiger partial charge in [0.2, 0.25) is 0 Å². The van der Waals surface area contributed by atoms with Gasteiger partial charge < -0.3 is 0 Å². The fraction of sp³-hybridized carbons (Fsp3) is 0.818. The Hall–Kier alpha value is -0.260. The van der Waals surface area contributed by atoms with E-state index in [4.69, 9.17) is 0 Å². The summed E-state index contributed by atoms with van der Waals surface area (Å²) in [6.45, 7) is 10.9. The maximum Gasteiger partial charge on any atom is -0.0290 e. The number of allylic oxidation sites excluding steroid dienone is 2. The molecule has 0 aliphatic rings. The molecule has 0 fully saturated rings. The summed E-state index contributed by atoms with van der Waals surface area (Å²) in [5.41, 5.74) is 0. The van der Waals surface area contributed by atoms with Crippen LogP contribution >= 0.6 is 0 Å². The maximum absolute atomic E-state index is 2.25. The van der Waals surface area contributed by atoms with Crippen LogP contribution in [0, 0.1) is 5.92 Å². The first kappa shape index (κ1) is 13.3. The van der Waals surface area contributed by atoms with Crippen molar-refractivity contribution in [3.8, 4) is 0 Å². The summed E-state index contributed by atoms with van der Waals surface area (Å²) in [6.07, 6.45) is 8.26. The van der Waals surface area contributed by atoms with Crippen molar-refractivity contribution in [3.05, 3.63) is 12.2 Å². The van der Waals surface area contributed by atoms with E-state index in [-0.39, 0.29) is 0 Å². The van der Waals surface area contributed by atoms with Gasteiger partial charge in [-0.25, -0.2) is 0 Å². The lowest BCUT2D eigenvalue weighted by atomic mass is 10.2. The van der Waals surface area contributed by atoms with Gasteiger partial charge in [0.1, 0.15) is 0 Å². The Morgan fingerprint density at radius 1 is 1.09 bits per heavy atom. The fourth-order valence-corrected chi connectivity index (χ4v) is 0.535. The van der Waals surface area contributed by atoms with Crippen molar-refractivity contribution in [1.29, 1.82) is 0 Å². The maximum atomic E-state index is 2.25. The van der Waals surface area contributed by atoms with Gasteiger partial charge in [0.15, 0.2) is 0 Å². The molecular formula is C11H24. The Morgan fingerprint density at radius 2 is 1.55 bits per heavy atom. The Morgan fingerprint density at radius 3 is 1.82 bits per heavy atom. The van der Waals surface area contributed by atoms with Crippen molar-refractivity contribution in [1.82, 2.24) is 0 Å². The minimum Gasteiger partial charge on any atom is -0.0883 e. The molecule has 0 rings (SSSR count). The third-order valence-electron chi connectivity index (χ3n) is 0.976. The molecule has 0 unspecified atom stereocenters. The minimum absolute atomic E-state index is 0.724. The topological polar surface area (TPSA) is 0 Å². The molecule has 0 aliphatic heterocycles. The van der Waals surface area contributed by atoms with E-state index < -0.39 is 0 Å². The summed E-state index contributed by atoms with van der Waals surface area (Å²) in [4.78, 5) is 0. The van der Waals surface area contributed by atoms with Crippen LogP contribution in [0.15, 0.2) is 12.2 Å². The van der Waals surface area contributed by atoms with Gasteiger partial charge in [-0.1, -0.05) is 59.6 Å². The van der Waals surface area contributed by atoms with Gasteiger partial charge in [-0.3, -0.25) is 0 Å². The first-order valence-corrected chi connectivity index (χ1v) is 4.85. The van der Waals surface area contributed by atoms with Crippen molar-refractivity contribution >= 4 is 0 Å². The van der Waals surface area contributed by atoms with Crippen LogP contribution in [0.2, 0.25) is 0 Å². The lowest BCUT2D eigenvalue weighted by Gasteiger charge is -1.90. The van der Waals surface area contributed by atoms with Crippen LogP contribution in [0.5, 0.6) is 0 Å². The molecule has 0 saturated carbocycles. The molecule has 0 nitrogen and oxygen atoms in total. The monoisotopic (exact) mass is 156 g/mol. The first-order chi connectivity index (χ1) is 5.18. The van der Waals surface area contributed by atoms with E-state index in [9.17, 15) is 0 Å². The Labute approximate surface area is 72.7 Å². The van der Waals surface area contributed by atoms with Gasteiger partial charge in [-0.05, 0) is 12.3 Å². The van der Waals surface area contributed by atoms with Gasteiger partial charge in [0, 0.05) is 0 Å². The summed E-state index contributed by atoms with van der Waals surface area (Å²) < 4.78 is 0. The van der Waals surface area contributed by atoms with E-state index in [0.29, 0.717) is 0 Å². The molecule has 11 heavy (non-hydrogen) atoms. The summed E-state index contributed by atoms with van der Waals surface area (Å²) in [5.74, 6) is 0.724. The zero-order valence-electron chi connectivity index (χ0n) is 8.85. The number of rotatable bonds is 3. The minimum atomic E-state index is 0.724. The van der Waals surface area contributed by atoms with Gasteiger partial charge in [-0.2, -0.15) is 0 Å². The van der Waals surface area contributed by atoms with Crippen molar-refractivity contribution < 1.29 is 0 Å². The molecule has 0 aliphatic carbocycles. The standard InChI is InChI=1S/C8H16.C3H8/c1-4-5-6-7-8(2)3;1-3-2/h6-8H,4-5H2,1-3H3;3H2,1-2H3. The number of hydrogen-bond donors (Lipinski definition) is 0. The van der Waals surface area contributed by atoms with Crippen molar-refractivity contribution in [2.45, 2.75) is 53.9 Å². The quantitative estimate of drug-likeness (QED) is 0.531. The molecule has 0 aromatic rings. The second-order valence-electron chi connectivity index (χ2n) is 3.17. The molecule has 0 amide bonds. The van der Waals surface area contributed by atoms with Crippen LogP contribution in [0.25, 0.3) is 0 Å². The van der Waals surface area contributed by atoms with Crippen molar-refractivity contribution in [3.63, 3.8) is 0 Å². The van der Waals surface area contributed by atoms with E-state index in [0.717, 1.165) is 5.92 Å². The number of unbranched alkanes of at least 4 members (excludes halogenated alkanes) is 1. The molecule has 0 aromatic carbocycles. The van der Waals surface area contributed by atoms with Crippen LogP contribution in [-0.4, -0.2) is 0 Å². The summed E-state index contributed by atoms with van der Waals surface area (Å²) in [7, 11) is 0. The lowest BCUT2D eigenvalue weighted by molar-refractivity contribution is 0.819. The summed E-state index contributed by atoms with van der Waals surface area (Å²) in [5, 5.41) is 0. The highest BCUT2D eigenvalue weighted by Crippen LogP contribution is 1.96. The second kappa shape index (κ2) is 12.4. The normalized spacial score (nSPS) is 10.0. The third kappa shape index (κ3) is 26.0. The largest absolute Gasteiger partial charge is 0.0883 e. The smallest absolute Gasteiger partial charge is 0.0290 e. The molecule has 0 radical (unpaired) electrons. The van der Waals surface area contributed by atoms with Crippen molar-refractivity contribution in [2.24, 2.45) is 5.92 Å². The highest BCUT2D eigenvalue weighted by atomic mass is 13.9. The predicted molar refractivity (Wildman–Crippen MR) is 54.9 cm³/mol. The molecule has 0 aromatic heterocycles. The Balaban J connectivity index is 0. The van der Waals surface area contributed by atoms with E-state index >= 15 is 0 Å².